The smallest absolute Gasteiger partial charge is 0.238 e. The molecule has 0 heterocycles. The lowest BCUT2D eigenvalue weighted by atomic mass is 10.1. The van der Waals surface area contributed by atoms with Crippen molar-refractivity contribution in [3.05, 3.63) is 48.0 Å². The zero-order valence-corrected chi connectivity index (χ0v) is 16.5. The summed E-state index contributed by atoms with van der Waals surface area (Å²) in [5.41, 5.74) is 1.29. The first-order valence-corrected chi connectivity index (χ1v) is 10.7. The van der Waals surface area contributed by atoms with Gasteiger partial charge in [0, 0.05) is 11.8 Å². The van der Waals surface area contributed by atoms with Gasteiger partial charge in [-0.15, -0.1) is 0 Å². The molecule has 0 aliphatic heterocycles. The summed E-state index contributed by atoms with van der Waals surface area (Å²) < 4.78 is 34.0. The Bertz CT molecular complexity index is 936. The molecule has 1 aliphatic rings. The molecule has 3 rings (SSSR count). The van der Waals surface area contributed by atoms with Crippen molar-refractivity contribution in [3.63, 3.8) is 0 Å². The molecule has 0 atom stereocenters. The number of anilines is 1. The maximum Gasteiger partial charge on any atom is 0.238 e. The van der Waals surface area contributed by atoms with Crippen molar-refractivity contribution in [2.75, 3.05) is 12.4 Å². The summed E-state index contributed by atoms with van der Waals surface area (Å²) in [6.07, 6.45) is 4.65. The molecule has 2 aromatic carbocycles. The summed E-state index contributed by atoms with van der Waals surface area (Å²) in [5, 5.41) is 7.91. The van der Waals surface area contributed by atoms with E-state index in [9.17, 15) is 13.2 Å². The zero-order valence-electron chi connectivity index (χ0n) is 15.7. The van der Waals surface area contributed by atoms with Crippen LogP contribution >= 0.6 is 0 Å². The predicted molar refractivity (Wildman–Crippen MR) is 106 cm³/mol. The first-order chi connectivity index (χ1) is 13.3. The van der Waals surface area contributed by atoms with E-state index >= 15 is 0 Å². The molecule has 0 radical (unpaired) electrons. The molecule has 7 nitrogen and oxygen atoms in total. The molecular formula is C20H24N2O5S. The predicted octanol–water partition coefficient (Wildman–Crippen LogP) is 2.85. The third-order valence-electron chi connectivity index (χ3n) is 4.66. The topological polar surface area (TPSA) is 108 Å². The van der Waals surface area contributed by atoms with Gasteiger partial charge in [0.25, 0.3) is 0 Å². The van der Waals surface area contributed by atoms with Crippen LogP contribution in [0.4, 0.5) is 5.69 Å². The zero-order chi connectivity index (χ0) is 20.1. The summed E-state index contributed by atoms with van der Waals surface area (Å²) in [6.45, 7) is 0. The van der Waals surface area contributed by atoms with Crippen molar-refractivity contribution in [1.29, 1.82) is 0 Å². The van der Waals surface area contributed by atoms with Crippen molar-refractivity contribution in [2.24, 2.45) is 5.14 Å². The highest BCUT2D eigenvalue weighted by Crippen LogP contribution is 2.34. The number of nitrogens with one attached hydrogen (secondary N) is 1. The number of hydrogen-bond acceptors (Lipinski definition) is 5. The van der Waals surface area contributed by atoms with Crippen LogP contribution in [0.3, 0.4) is 0 Å². The Hall–Kier alpha value is -2.58. The van der Waals surface area contributed by atoms with Crippen molar-refractivity contribution in [3.8, 4) is 11.5 Å². The van der Waals surface area contributed by atoms with Gasteiger partial charge in [-0.25, -0.2) is 13.6 Å². The molecule has 0 unspecified atom stereocenters. The van der Waals surface area contributed by atoms with E-state index in [4.69, 9.17) is 14.6 Å². The molecule has 0 bridgehead atoms. The number of ether oxygens (including phenoxy) is 2. The van der Waals surface area contributed by atoms with Crippen LogP contribution in [-0.2, 0) is 21.2 Å². The molecule has 3 N–H and O–H groups in total. The number of carbonyl (C=O) groups is 1. The van der Waals surface area contributed by atoms with Gasteiger partial charge < -0.3 is 14.8 Å². The second-order valence-electron chi connectivity index (χ2n) is 6.80. The fraction of sp³-hybridized carbons (Fsp3) is 0.350. The van der Waals surface area contributed by atoms with E-state index in [0.29, 0.717) is 22.7 Å². The third kappa shape index (κ3) is 5.24. The van der Waals surface area contributed by atoms with Crippen LogP contribution in [0.25, 0.3) is 0 Å². The van der Waals surface area contributed by atoms with Gasteiger partial charge in [0.15, 0.2) is 11.5 Å². The second kappa shape index (κ2) is 8.62. The van der Waals surface area contributed by atoms with Gasteiger partial charge in [-0.3, -0.25) is 4.79 Å². The Kier molecular flexibility index (Phi) is 6.21. The van der Waals surface area contributed by atoms with E-state index in [1.165, 1.54) is 12.1 Å². The molecule has 28 heavy (non-hydrogen) atoms. The lowest BCUT2D eigenvalue weighted by Gasteiger charge is -2.17. The molecule has 1 amide bonds. The molecule has 8 heteroatoms. The normalized spacial score (nSPS) is 14.6. The maximum absolute atomic E-state index is 12.3. The molecule has 150 valence electrons. The van der Waals surface area contributed by atoms with E-state index in [1.54, 1.807) is 37.4 Å². The van der Waals surface area contributed by atoms with Crippen LogP contribution < -0.4 is 19.9 Å². The molecular weight excluding hydrogens is 380 g/mol. The summed E-state index contributed by atoms with van der Waals surface area (Å²) in [6, 6.07) is 11.2. The van der Waals surface area contributed by atoms with Crippen LogP contribution in [-0.4, -0.2) is 27.5 Å². The quantitative estimate of drug-likeness (QED) is 0.738. The summed E-state index contributed by atoms with van der Waals surface area (Å²) in [5.74, 6) is 1.02. The fourth-order valence-corrected chi connectivity index (χ4v) is 3.74. The van der Waals surface area contributed by atoms with E-state index in [2.05, 4.69) is 5.32 Å². The van der Waals surface area contributed by atoms with Crippen LogP contribution in [0.1, 0.15) is 31.2 Å². The highest BCUT2D eigenvalue weighted by molar-refractivity contribution is 7.89. The van der Waals surface area contributed by atoms with Gasteiger partial charge >= 0.3 is 0 Å². The Morgan fingerprint density at radius 1 is 1.11 bits per heavy atom. The molecule has 0 saturated heterocycles. The van der Waals surface area contributed by atoms with Gasteiger partial charge in [-0.05, 0) is 55.5 Å². The largest absolute Gasteiger partial charge is 0.493 e. The highest BCUT2D eigenvalue weighted by atomic mass is 32.2. The summed E-state index contributed by atoms with van der Waals surface area (Å²) in [4.78, 5) is 12.4. The minimum Gasteiger partial charge on any atom is -0.493 e. The van der Waals surface area contributed by atoms with Crippen molar-refractivity contribution < 1.29 is 22.7 Å². The van der Waals surface area contributed by atoms with Gasteiger partial charge in [0.05, 0.1) is 24.5 Å². The van der Waals surface area contributed by atoms with E-state index in [0.717, 1.165) is 25.7 Å². The highest BCUT2D eigenvalue weighted by Gasteiger charge is 2.19. The standard InChI is InChI=1S/C20H24N2O5S/c1-26-18-11-8-15(13-19(18)27-16-4-2-3-5-16)22-20(23)12-14-6-9-17(10-7-14)28(21,24)25/h6-11,13,16H,2-5,12H2,1H3,(H,22,23)(H2,21,24,25). The number of hydrogen-bond donors (Lipinski definition) is 2. The number of methoxy groups -OCH3 is 1. The number of sulfonamides is 1. The lowest BCUT2D eigenvalue weighted by molar-refractivity contribution is -0.115. The average molecular weight is 404 g/mol. The number of benzene rings is 2. The number of rotatable bonds is 7. The van der Waals surface area contributed by atoms with Crippen LogP contribution in [0, 0.1) is 0 Å². The van der Waals surface area contributed by atoms with Gasteiger partial charge in [0.1, 0.15) is 0 Å². The Labute approximate surface area is 164 Å². The first kappa shape index (κ1) is 20.2. The average Bonchev–Trinajstić information content (AvgIpc) is 3.15. The van der Waals surface area contributed by atoms with Crippen LogP contribution in [0.5, 0.6) is 11.5 Å². The van der Waals surface area contributed by atoms with E-state index in [1.807, 2.05) is 0 Å². The van der Waals surface area contributed by atoms with E-state index in [-0.39, 0.29) is 23.3 Å². The maximum atomic E-state index is 12.3. The number of primary sulfonamides is 1. The minimum atomic E-state index is -3.74. The Morgan fingerprint density at radius 3 is 2.39 bits per heavy atom. The van der Waals surface area contributed by atoms with Crippen LogP contribution in [0.15, 0.2) is 47.4 Å². The summed E-state index contributed by atoms with van der Waals surface area (Å²) in [7, 11) is -2.16. The monoisotopic (exact) mass is 404 g/mol. The summed E-state index contributed by atoms with van der Waals surface area (Å²) >= 11 is 0. The van der Waals surface area contributed by atoms with Gasteiger partial charge in [-0.2, -0.15) is 0 Å². The Balaban J connectivity index is 1.66. The number of amides is 1. The Morgan fingerprint density at radius 2 is 1.79 bits per heavy atom. The number of carbonyl (C=O) groups excluding carboxylic acids is 1. The second-order valence-corrected chi connectivity index (χ2v) is 8.37. The lowest BCUT2D eigenvalue weighted by Crippen LogP contribution is -2.16. The molecule has 1 aliphatic carbocycles. The fourth-order valence-electron chi connectivity index (χ4n) is 3.22. The SMILES string of the molecule is COc1ccc(NC(=O)Cc2ccc(S(N)(=O)=O)cc2)cc1OC1CCCC1. The molecule has 1 saturated carbocycles. The van der Waals surface area contributed by atoms with Crippen molar-refractivity contribution in [2.45, 2.75) is 43.1 Å². The minimum absolute atomic E-state index is 0.0144. The van der Waals surface area contributed by atoms with E-state index < -0.39 is 10.0 Å². The molecule has 1 fully saturated rings. The molecule has 2 aromatic rings. The van der Waals surface area contributed by atoms with Crippen molar-refractivity contribution >= 4 is 21.6 Å². The van der Waals surface area contributed by atoms with Gasteiger partial charge in [-0.1, -0.05) is 12.1 Å². The van der Waals surface area contributed by atoms with Gasteiger partial charge in [0.2, 0.25) is 15.9 Å². The third-order valence-corrected chi connectivity index (χ3v) is 5.59. The van der Waals surface area contributed by atoms with Crippen LogP contribution in [0.2, 0.25) is 0 Å². The first-order valence-electron chi connectivity index (χ1n) is 9.11. The molecule has 0 spiro atoms. The molecule has 0 aromatic heterocycles. The number of nitrogens with two attached hydrogens (primary N) is 1. The van der Waals surface area contributed by atoms with Crippen molar-refractivity contribution in [1.82, 2.24) is 0 Å².